The van der Waals surface area contributed by atoms with E-state index in [1.54, 1.807) is 11.6 Å². The Bertz CT molecular complexity index is 1260. The minimum Gasteiger partial charge on any atom is -0.494 e. The van der Waals surface area contributed by atoms with Crippen LogP contribution in [0.15, 0.2) is 24.4 Å². The van der Waals surface area contributed by atoms with Crippen LogP contribution >= 0.6 is 0 Å². The first-order valence-electron chi connectivity index (χ1n) is 9.75. The molecule has 0 spiro atoms. The first-order chi connectivity index (χ1) is 14.2. The first-order valence-corrected chi connectivity index (χ1v) is 9.75. The summed E-state index contributed by atoms with van der Waals surface area (Å²) in [7, 11) is 1.62. The number of nitrogens with one attached hydrogen (secondary N) is 1. The number of anilines is 1. The molecule has 0 radical (unpaired) electrons. The second-order valence-corrected chi connectivity index (χ2v) is 7.70. The standard InChI is InChI=1S/C20H20N8O/c1-29-15-4-2-3-13-16(15)25-20(21)28-19(13)26-18(27-28)11-5-10(6-11)17-23-8-12-7-22-9-14(12)24-17/h2-4,8,10-11,22H,5-7,9H2,1H3,(H2,21,25)/t10-,11-. The highest BCUT2D eigenvalue weighted by molar-refractivity contribution is 5.95. The van der Waals surface area contributed by atoms with E-state index in [1.165, 1.54) is 5.56 Å². The molecule has 4 aromatic rings. The molecule has 9 nitrogen and oxygen atoms in total. The molecule has 0 atom stereocenters. The zero-order valence-electron chi connectivity index (χ0n) is 16.0. The summed E-state index contributed by atoms with van der Waals surface area (Å²) in [6, 6.07) is 5.76. The normalized spacial score (nSPS) is 20.7. The fraction of sp³-hybridized carbons (Fsp3) is 0.350. The molecule has 9 heteroatoms. The summed E-state index contributed by atoms with van der Waals surface area (Å²) in [4.78, 5) is 18.6. The van der Waals surface area contributed by atoms with Crippen molar-refractivity contribution in [3.8, 4) is 5.75 Å². The Balaban J connectivity index is 1.32. The number of nitrogens with two attached hydrogens (primary N) is 1. The molecular weight excluding hydrogens is 368 g/mol. The Morgan fingerprint density at radius 2 is 1.97 bits per heavy atom. The number of fused-ring (bicyclic) bond motifs is 4. The van der Waals surface area contributed by atoms with Crippen LogP contribution in [-0.2, 0) is 13.1 Å². The SMILES string of the molecule is COc1cccc2c1nc(N)n1nc([C@H]3C[C@H](c4ncc5c(n4)CNC5)C3)nc21. The van der Waals surface area contributed by atoms with Crippen molar-refractivity contribution in [1.29, 1.82) is 0 Å². The maximum Gasteiger partial charge on any atom is 0.223 e. The first kappa shape index (κ1) is 16.6. The number of ether oxygens (including phenoxy) is 1. The quantitative estimate of drug-likeness (QED) is 0.547. The van der Waals surface area contributed by atoms with Gasteiger partial charge in [-0.15, -0.1) is 5.10 Å². The zero-order valence-corrected chi connectivity index (χ0v) is 16.0. The fourth-order valence-electron chi connectivity index (χ4n) is 4.29. The highest BCUT2D eigenvalue weighted by Crippen LogP contribution is 2.46. The monoisotopic (exact) mass is 388 g/mol. The number of nitrogen functional groups attached to an aromatic ring is 1. The van der Waals surface area contributed by atoms with Crippen LogP contribution in [0.2, 0.25) is 0 Å². The summed E-state index contributed by atoms with van der Waals surface area (Å²) in [6.07, 6.45) is 3.84. The van der Waals surface area contributed by atoms with Crippen molar-refractivity contribution in [3.63, 3.8) is 0 Å². The van der Waals surface area contributed by atoms with Gasteiger partial charge in [0.15, 0.2) is 11.5 Å². The molecule has 0 saturated heterocycles. The predicted molar refractivity (Wildman–Crippen MR) is 107 cm³/mol. The van der Waals surface area contributed by atoms with Crippen molar-refractivity contribution in [3.05, 3.63) is 47.3 Å². The van der Waals surface area contributed by atoms with Gasteiger partial charge < -0.3 is 15.8 Å². The third-order valence-electron chi connectivity index (χ3n) is 5.98. The molecule has 2 aliphatic rings. The molecule has 0 amide bonds. The maximum absolute atomic E-state index is 6.16. The van der Waals surface area contributed by atoms with Crippen LogP contribution < -0.4 is 15.8 Å². The number of para-hydroxylation sites is 1. The average molecular weight is 388 g/mol. The van der Waals surface area contributed by atoms with Gasteiger partial charge in [0.05, 0.1) is 12.8 Å². The van der Waals surface area contributed by atoms with Crippen LogP contribution in [0.4, 0.5) is 5.95 Å². The summed E-state index contributed by atoms with van der Waals surface area (Å²) in [5.41, 5.74) is 9.90. The maximum atomic E-state index is 6.16. The van der Waals surface area contributed by atoms with E-state index in [9.17, 15) is 0 Å². The summed E-state index contributed by atoms with van der Waals surface area (Å²) >= 11 is 0. The molecule has 29 heavy (non-hydrogen) atoms. The Hall–Kier alpha value is -3.33. The number of benzene rings is 1. The third-order valence-corrected chi connectivity index (χ3v) is 5.98. The molecule has 3 N–H and O–H groups in total. The average Bonchev–Trinajstić information content (AvgIpc) is 3.34. The van der Waals surface area contributed by atoms with Crippen molar-refractivity contribution in [1.82, 2.24) is 34.9 Å². The minimum absolute atomic E-state index is 0.273. The van der Waals surface area contributed by atoms with Crippen LogP contribution in [0.25, 0.3) is 16.6 Å². The predicted octanol–water partition coefficient (Wildman–Crippen LogP) is 1.92. The zero-order chi connectivity index (χ0) is 19.5. The van der Waals surface area contributed by atoms with E-state index in [0.29, 0.717) is 28.8 Å². The van der Waals surface area contributed by atoms with E-state index < -0.39 is 0 Å². The molecule has 0 bridgehead atoms. The van der Waals surface area contributed by atoms with E-state index in [-0.39, 0.29) is 5.92 Å². The number of hydrogen-bond acceptors (Lipinski definition) is 8. The number of aromatic nitrogens is 6. The van der Waals surface area contributed by atoms with Crippen molar-refractivity contribution >= 4 is 22.5 Å². The van der Waals surface area contributed by atoms with Gasteiger partial charge in [-0.1, -0.05) is 6.07 Å². The summed E-state index contributed by atoms with van der Waals surface area (Å²) in [5, 5.41) is 8.85. The van der Waals surface area contributed by atoms with E-state index in [2.05, 4.69) is 20.4 Å². The molecule has 6 rings (SSSR count). The molecule has 146 valence electrons. The van der Waals surface area contributed by atoms with Gasteiger partial charge in [-0.2, -0.15) is 4.52 Å². The molecule has 1 aliphatic heterocycles. The van der Waals surface area contributed by atoms with Crippen LogP contribution in [0, 0.1) is 0 Å². The lowest BCUT2D eigenvalue weighted by atomic mass is 9.74. The van der Waals surface area contributed by atoms with Gasteiger partial charge in [0.2, 0.25) is 5.95 Å². The van der Waals surface area contributed by atoms with Gasteiger partial charge in [-0.25, -0.2) is 19.9 Å². The van der Waals surface area contributed by atoms with Gasteiger partial charge in [0, 0.05) is 42.1 Å². The van der Waals surface area contributed by atoms with E-state index in [4.69, 9.17) is 20.4 Å². The molecule has 1 saturated carbocycles. The van der Waals surface area contributed by atoms with Gasteiger partial charge in [0.1, 0.15) is 17.1 Å². The number of hydrogen-bond donors (Lipinski definition) is 2. The van der Waals surface area contributed by atoms with Crippen LogP contribution in [0.5, 0.6) is 5.75 Å². The van der Waals surface area contributed by atoms with Crippen molar-refractivity contribution in [2.24, 2.45) is 0 Å². The summed E-state index contributed by atoms with van der Waals surface area (Å²) in [6.45, 7) is 1.69. The topological polar surface area (TPSA) is 116 Å². The van der Waals surface area contributed by atoms with Gasteiger partial charge in [0.25, 0.3) is 0 Å². The smallest absolute Gasteiger partial charge is 0.223 e. The van der Waals surface area contributed by atoms with E-state index in [1.807, 2.05) is 24.4 Å². The third kappa shape index (κ3) is 2.47. The van der Waals surface area contributed by atoms with Crippen LogP contribution in [-0.4, -0.2) is 36.7 Å². The fourth-order valence-corrected chi connectivity index (χ4v) is 4.29. The van der Waals surface area contributed by atoms with Crippen LogP contribution in [0.1, 0.15) is 47.6 Å². The van der Waals surface area contributed by atoms with Gasteiger partial charge in [-0.05, 0) is 25.0 Å². The Morgan fingerprint density at radius 3 is 2.83 bits per heavy atom. The van der Waals surface area contributed by atoms with Crippen molar-refractivity contribution in [2.45, 2.75) is 37.8 Å². The largest absolute Gasteiger partial charge is 0.494 e. The molecule has 1 aromatic carbocycles. The highest BCUT2D eigenvalue weighted by Gasteiger charge is 2.36. The Labute approximate surface area is 166 Å². The molecule has 1 aliphatic carbocycles. The van der Waals surface area contributed by atoms with Gasteiger partial charge in [-0.3, -0.25) is 0 Å². The lowest BCUT2D eigenvalue weighted by Crippen LogP contribution is -2.23. The number of nitrogens with zero attached hydrogens (tertiary/aromatic N) is 6. The Kier molecular flexibility index (Phi) is 3.48. The van der Waals surface area contributed by atoms with Crippen molar-refractivity contribution in [2.75, 3.05) is 12.8 Å². The lowest BCUT2D eigenvalue weighted by Gasteiger charge is -2.32. The van der Waals surface area contributed by atoms with E-state index in [0.717, 1.165) is 48.7 Å². The second kappa shape index (κ2) is 6.08. The molecule has 3 aromatic heterocycles. The summed E-state index contributed by atoms with van der Waals surface area (Å²) < 4.78 is 7.05. The lowest BCUT2D eigenvalue weighted by molar-refractivity contribution is 0.325. The highest BCUT2D eigenvalue weighted by atomic mass is 16.5. The molecule has 4 heterocycles. The second-order valence-electron chi connectivity index (χ2n) is 7.70. The van der Waals surface area contributed by atoms with Crippen LogP contribution in [0.3, 0.4) is 0 Å². The molecular formula is C20H20N8O. The minimum atomic E-state index is 0.273. The molecule has 0 unspecified atom stereocenters. The number of rotatable bonds is 3. The Morgan fingerprint density at radius 1 is 1.10 bits per heavy atom. The molecule has 1 fully saturated rings. The van der Waals surface area contributed by atoms with Crippen molar-refractivity contribution < 1.29 is 4.74 Å². The van der Waals surface area contributed by atoms with Gasteiger partial charge >= 0.3 is 0 Å². The number of methoxy groups -OCH3 is 1. The van der Waals surface area contributed by atoms with E-state index >= 15 is 0 Å². The summed E-state index contributed by atoms with van der Waals surface area (Å²) in [5.74, 6) is 3.34.